The van der Waals surface area contributed by atoms with E-state index in [1.807, 2.05) is 0 Å². The van der Waals surface area contributed by atoms with Gasteiger partial charge in [-0.25, -0.2) is 4.99 Å². The number of amidine groups is 2. The third-order valence-electron chi connectivity index (χ3n) is 2.42. The van der Waals surface area contributed by atoms with Gasteiger partial charge in [0.15, 0.2) is 5.84 Å². The Kier molecular flexibility index (Phi) is 1.98. The molecule has 0 aliphatic carbocycles. The molecule has 0 bridgehead atoms. The average Bonchev–Trinajstić information content (AvgIpc) is 2.17. The van der Waals surface area contributed by atoms with E-state index in [1.165, 1.54) is 12.8 Å². The summed E-state index contributed by atoms with van der Waals surface area (Å²) < 4.78 is 0. The average molecular weight is 167 g/mol. The molecule has 0 radical (unpaired) electrons. The number of oxime groups is 1. The second-order valence-corrected chi connectivity index (χ2v) is 3.24. The van der Waals surface area contributed by atoms with Crippen LogP contribution in [0.1, 0.15) is 25.7 Å². The molecular formula is C8H13N3O. The lowest BCUT2D eigenvalue weighted by Crippen LogP contribution is -2.40. The zero-order valence-electron chi connectivity index (χ0n) is 7.03. The van der Waals surface area contributed by atoms with Crippen LogP contribution >= 0.6 is 0 Å². The minimum Gasteiger partial charge on any atom is -0.409 e. The van der Waals surface area contributed by atoms with E-state index < -0.39 is 0 Å². The lowest BCUT2D eigenvalue weighted by Gasteiger charge is -2.32. The van der Waals surface area contributed by atoms with Crippen LogP contribution in [0.15, 0.2) is 10.1 Å². The van der Waals surface area contributed by atoms with E-state index in [0.717, 1.165) is 31.8 Å². The predicted molar refractivity (Wildman–Crippen MR) is 46.7 cm³/mol. The number of nitrogens with zero attached hydrogens (tertiary/aromatic N) is 3. The number of fused-ring (bicyclic) bond motifs is 1. The van der Waals surface area contributed by atoms with Gasteiger partial charge in [0.1, 0.15) is 5.84 Å². The monoisotopic (exact) mass is 167 g/mol. The van der Waals surface area contributed by atoms with Crippen molar-refractivity contribution in [1.29, 1.82) is 0 Å². The fourth-order valence-corrected chi connectivity index (χ4v) is 1.75. The minimum absolute atomic E-state index is 0.586. The van der Waals surface area contributed by atoms with Crippen molar-refractivity contribution in [2.24, 2.45) is 10.1 Å². The van der Waals surface area contributed by atoms with Crippen LogP contribution in [0.4, 0.5) is 0 Å². The molecule has 2 heterocycles. The number of rotatable bonds is 0. The molecule has 0 saturated carbocycles. The molecule has 0 aromatic heterocycles. The molecule has 0 atom stereocenters. The second kappa shape index (κ2) is 3.13. The molecule has 0 spiro atoms. The molecule has 2 aliphatic heterocycles. The number of aliphatic imine (C=N–C) groups is 1. The Balaban J connectivity index is 2.17. The van der Waals surface area contributed by atoms with Gasteiger partial charge in [0.05, 0.1) is 0 Å². The van der Waals surface area contributed by atoms with Crippen LogP contribution in [0.3, 0.4) is 0 Å². The van der Waals surface area contributed by atoms with Gasteiger partial charge in [0.2, 0.25) is 0 Å². The van der Waals surface area contributed by atoms with Crippen molar-refractivity contribution in [2.45, 2.75) is 25.7 Å². The van der Waals surface area contributed by atoms with Crippen LogP contribution in [-0.2, 0) is 0 Å². The first-order chi connectivity index (χ1) is 5.90. The molecular weight excluding hydrogens is 154 g/mol. The standard InChI is InChI=1S/C8H13N3O/c12-10-7-4-6-11-5-2-1-3-8(11)9-7/h12H,1-6H2/b10-7-. The van der Waals surface area contributed by atoms with E-state index in [2.05, 4.69) is 15.0 Å². The van der Waals surface area contributed by atoms with Crippen molar-refractivity contribution in [3.05, 3.63) is 0 Å². The smallest absolute Gasteiger partial charge is 0.171 e. The molecule has 0 aromatic rings. The third-order valence-corrected chi connectivity index (χ3v) is 2.42. The highest BCUT2D eigenvalue weighted by Gasteiger charge is 2.21. The number of hydrogen-bond acceptors (Lipinski definition) is 3. The van der Waals surface area contributed by atoms with Gasteiger partial charge in [0, 0.05) is 25.9 Å². The van der Waals surface area contributed by atoms with E-state index in [9.17, 15) is 0 Å². The quantitative estimate of drug-likeness (QED) is 0.433. The maximum absolute atomic E-state index is 8.54. The van der Waals surface area contributed by atoms with Crippen LogP contribution in [-0.4, -0.2) is 34.9 Å². The maximum atomic E-state index is 8.54. The maximum Gasteiger partial charge on any atom is 0.171 e. The largest absolute Gasteiger partial charge is 0.409 e. The SMILES string of the molecule is O/N=C1/CCN2CCCCC2=N1. The molecule has 0 aromatic carbocycles. The summed E-state index contributed by atoms with van der Waals surface area (Å²) in [6.07, 6.45) is 4.30. The molecule has 2 aliphatic rings. The van der Waals surface area contributed by atoms with E-state index in [1.54, 1.807) is 0 Å². The van der Waals surface area contributed by atoms with Gasteiger partial charge in [-0.15, -0.1) is 0 Å². The van der Waals surface area contributed by atoms with Crippen LogP contribution in [0.25, 0.3) is 0 Å². The Morgan fingerprint density at radius 2 is 2.17 bits per heavy atom. The zero-order chi connectivity index (χ0) is 8.39. The molecule has 0 amide bonds. The highest BCUT2D eigenvalue weighted by molar-refractivity contribution is 5.99. The first-order valence-corrected chi connectivity index (χ1v) is 4.43. The summed E-state index contributed by atoms with van der Waals surface area (Å²) in [5, 5.41) is 11.7. The van der Waals surface area contributed by atoms with Crippen molar-refractivity contribution in [2.75, 3.05) is 13.1 Å². The second-order valence-electron chi connectivity index (χ2n) is 3.24. The molecule has 4 nitrogen and oxygen atoms in total. The van der Waals surface area contributed by atoms with Crippen LogP contribution < -0.4 is 0 Å². The van der Waals surface area contributed by atoms with Crippen LogP contribution in [0.5, 0.6) is 0 Å². The van der Waals surface area contributed by atoms with Gasteiger partial charge in [-0.1, -0.05) is 5.16 Å². The normalized spacial score (nSPS) is 26.8. The number of hydrogen-bond donors (Lipinski definition) is 1. The van der Waals surface area contributed by atoms with Gasteiger partial charge in [0.25, 0.3) is 0 Å². The van der Waals surface area contributed by atoms with Crippen molar-refractivity contribution < 1.29 is 5.21 Å². The van der Waals surface area contributed by atoms with Crippen molar-refractivity contribution in [3.63, 3.8) is 0 Å². The fourth-order valence-electron chi connectivity index (χ4n) is 1.75. The first kappa shape index (κ1) is 7.58. The molecule has 4 heteroatoms. The highest BCUT2D eigenvalue weighted by atomic mass is 16.4. The van der Waals surface area contributed by atoms with Crippen LogP contribution in [0.2, 0.25) is 0 Å². The summed E-state index contributed by atoms with van der Waals surface area (Å²) in [4.78, 5) is 6.55. The van der Waals surface area contributed by atoms with E-state index in [4.69, 9.17) is 5.21 Å². The molecule has 12 heavy (non-hydrogen) atoms. The molecule has 1 N–H and O–H groups in total. The van der Waals surface area contributed by atoms with Crippen LogP contribution in [0, 0.1) is 0 Å². The van der Waals surface area contributed by atoms with Crippen molar-refractivity contribution in [1.82, 2.24) is 4.90 Å². The van der Waals surface area contributed by atoms with Crippen molar-refractivity contribution in [3.8, 4) is 0 Å². The lowest BCUT2D eigenvalue weighted by molar-refractivity contribution is 0.311. The topological polar surface area (TPSA) is 48.2 Å². The fraction of sp³-hybridized carbons (Fsp3) is 0.750. The number of piperidine rings is 1. The van der Waals surface area contributed by atoms with Crippen molar-refractivity contribution >= 4 is 11.7 Å². The Morgan fingerprint density at radius 3 is 3.00 bits per heavy atom. The minimum atomic E-state index is 0.586. The van der Waals surface area contributed by atoms with E-state index >= 15 is 0 Å². The zero-order valence-corrected chi connectivity index (χ0v) is 7.03. The Labute approximate surface area is 71.6 Å². The highest BCUT2D eigenvalue weighted by Crippen LogP contribution is 2.16. The van der Waals surface area contributed by atoms with Gasteiger partial charge < -0.3 is 10.1 Å². The lowest BCUT2D eigenvalue weighted by atomic mass is 10.1. The molecule has 1 fully saturated rings. The van der Waals surface area contributed by atoms with E-state index in [0.29, 0.717) is 5.84 Å². The predicted octanol–water partition coefficient (Wildman–Crippen LogP) is 1.06. The summed E-state index contributed by atoms with van der Waals surface area (Å²) in [6, 6.07) is 0. The third kappa shape index (κ3) is 1.29. The first-order valence-electron chi connectivity index (χ1n) is 4.43. The molecule has 1 saturated heterocycles. The Morgan fingerprint density at radius 1 is 1.25 bits per heavy atom. The van der Waals surface area contributed by atoms with Gasteiger partial charge in [-0.05, 0) is 12.8 Å². The summed E-state index contributed by atoms with van der Waals surface area (Å²) >= 11 is 0. The van der Waals surface area contributed by atoms with Gasteiger partial charge in [-0.2, -0.15) is 0 Å². The summed E-state index contributed by atoms with van der Waals surface area (Å²) in [5.74, 6) is 1.70. The summed E-state index contributed by atoms with van der Waals surface area (Å²) in [6.45, 7) is 2.09. The van der Waals surface area contributed by atoms with Gasteiger partial charge in [-0.3, -0.25) is 0 Å². The summed E-state index contributed by atoms with van der Waals surface area (Å²) in [5.41, 5.74) is 0. The Hall–Kier alpha value is -1.06. The Bertz CT molecular complexity index is 234. The molecule has 2 rings (SSSR count). The molecule has 0 unspecified atom stereocenters. The van der Waals surface area contributed by atoms with E-state index in [-0.39, 0.29) is 0 Å². The molecule has 66 valence electrons. The van der Waals surface area contributed by atoms with Gasteiger partial charge >= 0.3 is 0 Å². The summed E-state index contributed by atoms with van der Waals surface area (Å²) in [7, 11) is 0.